The molecule has 2 unspecified atom stereocenters. The molecule has 16 nitrogen and oxygen atoms in total. The normalized spacial score (nSPS) is 34.2. The van der Waals surface area contributed by atoms with Crippen molar-refractivity contribution >= 4 is 35.5 Å². The predicted molar refractivity (Wildman–Crippen MR) is 138 cm³/mol. The van der Waals surface area contributed by atoms with E-state index in [0.29, 0.717) is 17.9 Å². The van der Waals surface area contributed by atoms with Gasteiger partial charge in [-0.1, -0.05) is 6.92 Å². The number of aliphatic carboxylic acids is 1. The number of hydrogen-bond donors (Lipinski definition) is 6. The van der Waals surface area contributed by atoms with E-state index >= 15 is 0 Å². The molecule has 3 amide bonds. The third kappa shape index (κ3) is 4.85. The molecule has 40 heavy (non-hydrogen) atoms. The van der Waals surface area contributed by atoms with Gasteiger partial charge in [-0.15, -0.1) is 16.9 Å². The number of nitrogens with one attached hydrogen (secondary N) is 2. The molecule has 17 heteroatoms. The number of nitrogens with zero attached hydrogens (tertiary/aromatic N) is 6. The van der Waals surface area contributed by atoms with Gasteiger partial charge >= 0.3 is 5.97 Å². The van der Waals surface area contributed by atoms with Crippen LogP contribution in [0.1, 0.15) is 20.3 Å². The van der Waals surface area contributed by atoms with Crippen LogP contribution >= 0.6 is 11.8 Å². The topological polar surface area (TPSA) is 229 Å². The highest BCUT2D eigenvalue weighted by Gasteiger charge is 2.60. The summed E-state index contributed by atoms with van der Waals surface area (Å²) in [6.07, 6.45) is 0.784. The highest BCUT2D eigenvalue weighted by Crippen LogP contribution is 2.51. The highest BCUT2D eigenvalue weighted by molar-refractivity contribution is 8.03. The number of tetrazole rings is 1. The second kappa shape index (κ2) is 11.0. The average molecular weight is 580 g/mol. The summed E-state index contributed by atoms with van der Waals surface area (Å²) < 4.78 is 1.26. The third-order valence-corrected chi connectivity index (χ3v) is 9.75. The molecule has 1 aromatic heterocycles. The number of carbonyl (C=O) groups is 4. The number of fused-ring (bicyclic) bond motifs is 1. The van der Waals surface area contributed by atoms with E-state index in [2.05, 4.69) is 26.2 Å². The zero-order valence-corrected chi connectivity index (χ0v) is 22.8. The number of carboxylic acid groups (broad SMARTS) is 1. The van der Waals surface area contributed by atoms with E-state index in [-0.39, 0.29) is 54.3 Å². The van der Waals surface area contributed by atoms with Gasteiger partial charge in [0.15, 0.2) is 0 Å². The van der Waals surface area contributed by atoms with E-state index in [4.69, 9.17) is 5.73 Å². The van der Waals surface area contributed by atoms with Gasteiger partial charge in [0.1, 0.15) is 18.6 Å². The largest absolute Gasteiger partial charge is 0.477 e. The fourth-order valence-corrected chi connectivity index (χ4v) is 7.72. The first-order chi connectivity index (χ1) is 19.0. The number of rotatable bonds is 9. The second-order valence-corrected chi connectivity index (χ2v) is 12.1. The maximum Gasteiger partial charge on any atom is 0.353 e. The van der Waals surface area contributed by atoms with Crippen molar-refractivity contribution in [2.45, 2.75) is 68.4 Å². The highest BCUT2D eigenvalue weighted by atomic mass is 32.2. The summed E-state index contributed by atoms with van der Waals surface area (Å²) in [5.74, 6) is -3.11. The summed E-state index contributed by atoms with van der Waals surface area (Å²) in [7, 11) is 0. The van der Waals surface area contributed by atoms with Gasteiger partial charge in [0, 0.05) is 35.2 Å². The van der Waals surface area contributed by atoms with Crippen LogP contribution in [0.4, 0.5) is 0 Å². The lowest BCUT2D eigenvalue weighted by Crippen LogP contribution is -2.66. The maximum absolute atomic E-state index is 13.2. The summed E-state index contributed by atoms with van der Waals surface area (Å²) in [4.78, 5) is 54.3. The van der Waals surface area contributed by atoms with Crippen LogP contribution in [0, 0.1) is 11.8 Å². The Bertz CT molecular complexity index is 1210. The van der Waals surface area contributed by atoms with Crippen molar-refractivity contribution in [3.05, 3.63) is 16.9 Å². The van der Waals surface area contributed by atoms with E-state index in [1.165, 1.54) is 32.6 Å². The van der Waals surface area contributed by atoms with Crippen molar-refractivity contribution < 1.29 is 34.5 Å². The number of amides is 3. The molecule has 0 radical (unpaired) electrons. The molecule has 4 aliphatic rings. The van der Waals surface area contributed by atoms with Gasteiger partial charge in [-0.25, -0.2) is 9.48 Å². The number of thioether (sulfide) groups is 1. The number of aliphatic hydroxyl groups is 2. The van der Waals surface area contributed by atoms with Gasteiger partial charge in [-0.3, -0.25) is 14.4 Å². The number of nitrogens with two attached hydrogens (primary N) is 1. The minimum atomic E-state index is -1.21. The van der Waals surface area contributed by atoms with Crippen LogP contribution in [-0.4, -0.2) is 130 Å². The zero-order chi connectivity index (χ0) is 28.9. The van der Waals surface area contributed by atoms with Crippen LogP contribution in [0.5, 0.6) is 0 Å². The molecular formula is C23H33N9O7S. The van der Waals surface area contributed by atoms with E-state index in [0.717, 1.165) is 0 Å². The monoisotopic (exact) mass is 579 g/mol. The molecule has 218 valence electrons. The van der Waals surface area contributed by atoms with E-state index < -0.39 is 48.2 Å². The summed E-state index contributed by atoms with van der Waals surface area (Å²) in [6.45, 7) is 3.59. The van der Waals surface area contributed by atoms with Crippen LogP contribution in [0.15, 0.2) is 16.9 Å². The first-order valence-electron chi connectivity index (χ1n) is 13.1. The van der Waals surface area contributed by atoms with E-state index in [1.54, 1.807) is 6.92 Å². The zero-order valence-electron chi connectivity index (χ0n) is 22.0. The average Bonchev–Trinajstić information content (AvgIpc) is 3.67. The molecule has 3 fully saturated rings. The Morgan fingerprint density at radius 1 is 1.35 bits per heavy atom. The Morgan fingerprint density at radius 3 is 2.75 bits per heavy atom. The smallest absolute Gasteiger partial charge is 0.353 e. The van der Waals surface area contributed by atoms with Crippen LogP contribution < -0.4 is 16.4 Å². The number of aliphatic hydroxyl groups excluding tert-OH is 2. The van der Waals surface area contributed by atoms with E-state index in [9.17, 15) is 34.5 Å². The van der Waals surface area contributed by atoms with Gasteiger partial charge in [-0.05, 0) is 23.8 Å². The summed E-state index contributed by atoms with van der Waals surface area (Å²) >= 11 is 1.35. The lowest BCUT2D eigenvalue weighted by molar-refractivity contribution is -0.158. The minimum absolute atomic E-state index is 0.0388. The molecule has 7 N–H and O–H groups in total. The number of hydrogen-bond acceptors (Lipinski definition) is 12. The number of carboxylic acids is 1. The molecule has 0 aliphatic carbocycles. The van der Waals surface area contributed by atoms with Crippen molar-refractivity contribution in [2.75, 3.05) is 19.7 Å². The number of carbonyl (C=O) groups excluding carboxylic acids is 3. The van der Waals surface area contributed by atoms with Gasteiger partial charge in [-0.2, -0.15) is 0 Å². The number of aromatic nitrogens is 4. The maximum atomic E-state index is 13.2. The number of β-amino-alcohol motifs (C(OH)–C–C–N with tert-alkyl or cyclic N) is 1. The molecule has 0 bridgehead atoms. The summed E-state index contributed by atoms with van der Waals surface area (Å²) in [5, 5.41) is 46.2. The molecule has 0 saturated carbocycles. The molecular weight excluding hydrogens is 546 g/mol. The first-order valence-corrected chi connectivity index (χ1v) is 14.0. The summed E-state index contributed by atoms with van der Waals surface area (Å²) in [6, 6.07) is -2.94. The third-order valence-electron chi connectivity index (χ3n) is 8.24. The van der Waals surface area contributed by atoms with Gasteiger partial charge in [0.05, 0.1) is 42.8 Å². The van der Waals surface area contributed by atoms with Crippen LogP contribution in [0.25, 0.3) is 0 Å². The predicted octanol–water partition coefficient (Wildman–Crippen LogP) is -3.69. The van der Waals surface area contributed by atoms with Gasteiger partial charge in [0.2, 0.25) is 17.7 Å². The Balaban J connectivity index is 1.24. The van der Waals surface area contributed by atoms with Crippen LogP contribution in [0.3, 0.4) is 0 Å². The molecule has 1 aromatic rings. The molecule has 3 saturated heterocycles. The van der Waals surface area contributed by atoms with Crippen molar-refractivity contribution in [1.29, 1.82) is 0 Å². The van der Waals surface area contributed by atoms with Crippen LogP contribution in [-0.2, 0) is 25.7 Å². The molecule has 9 atom stereocenters. The van der Waals surface area contributed by atoms with Gasteiger partial charge in [0.25, 0.3) is 0 Å². The Morgan fingerprint density at radius 2 is 2.10 bits per heavy atom. The summed E-state index contributed by atoms with van der Waals surface area (Å²) in [5.41, 5.74) is 5.88. The number of β-lactam (4-membered cyclic amide) rings is 1. The standard InChI is InChI=1S/C23H33N9O7S/c1-9-18-16(10(2)27-15(35)6-30-8-26-28-29-30)22(37)32(18)19(23(38)39)20(9)40-11-3-12(25-4-11)21(36)31-5-14(34)17(24)13(31)7-33/h8-14,16-18,25,33-34H,3-7,24H2,1-2H3,(H,27,35)(H,38,39)/t9-,10-,11+,12+,13?,14?,16-,17-,18-/m1/s1. The Labute approximate surface area is 233 Å². The minimum Gasteiger partial charge on any atom is -0.477 e. The lowest BCUT2D eigenvalue weighted by atomic mass is 9.78. The Hall–Kier alpha value is -3.12. The molecule has 5 rings (SSSR count). The molecule has 0 spiro atoms. The van der Waals surface area contributed by atoms with Crippen molar-refractivity contribution in [3.63, 3.8) is 0 Å². The molecule has 5 heterocycles. The first kappa shape index (κ1) is 28.4. The molecule has 0 aromatic carbocycles. The van der Waals surface area contributed by atoms with Crippen molar-refractivity contribution in [3.8, 4) is 0 Å². The molecule has 4 aliphatic heterocycles. The Kier molecular flexibility index (Phi) is 7.84. The number of likely N-dealkylation sites (tertiary alicyclic amines) is 1. The second-order valence-electron chi connectivity index (χ2n) is 10.7. The van der Waals surface area contributed by atoms with E-state index in [1.807, 2.05) is 6.92 Å². The van der Waals surface area contributed by atoms with Crippen LogP contribution in [0.2, 0.25) is 0 Å². The van der Waals surface area contributed by atoms with Crippen molar-refractivity contribution in [2.24, 2.45) is 17.6 Å². The van der Waals surface area contributed by atoms with Crippen molar-refractivity contribution in [1.82, 2.24) is 40.6 Å². The fraction of sp³-hybridized carbons (Fsp3) is 0.696. The lowest BCUT2D eigenvalue weighted by Gasteiger charge is -2.47. The fourth-order valence-electron chi connectivity index (χ4n) is 6.24. The van der Waals surface area contributed by atoms with Gasteiger partial charge < -0.3 is 41.5 Å². The SMILES string of the molecule is C[C@@H](NC(=O)Cn1cnnn1)[C@H]1C(=O)N2C(C(=O)O)=C(S[C@@H]3CN[C@H](C(=O)N4CC(O)[C@H](N)C4CO)C3)[C@H](C)[C@H]12. The quantitative estimate of drug-likeness (QED) is 0.155.